The number of halogens is 5. The van der Waals surface area contributed by atoms with E-state index in [9.17, 15) is 30.4 Å². The molecule has 0 saturated heterocycles. The lowest BCUT2D eigenvalue weighted by Crippen LogP contribution is -2.30. The number of hydrogen-bond donors (Lipinski definition) is 0. The second-order valence-corrected chi connectivity index (χ2v) is 3.73. The van der Waals surface area contributed by atoms with Gasteiger partial charge in [0.25, 0.3) is 5.92 Å². The molecule has 0 atom stereocenters. The van der Waals surface area contributed by atoms with Gasteiger partial charge in [0.05, 0.1) is 0 Å². The van der Waals surface area contributed by atoms with Crippen LogP contribution in [0, 0.1) is 0 Å². The monoisotopic (exact) mass is 240 g/mol. The van der Waals surface area contributed by atoms with Gasteiger partial charge in [0.1, 0.15) is 6.61 Å². The minimum absolute atomic E-state index is 0.0150. The summed E-state index contributed by atoms with van der Waals surface area (Å²) < 4.78 is 82.3. The van der Waals surface area contributed by atoms with Gasteiger partial charge in [-0.3, -0.25) is 4.18 Å². The Hall–Kier alpha value is -0.700. The van der Waals surface area contributed by atoms with Crippen LogP contribution in [-0.2, 0) is 14.3 Å². The first-order valence-corrected chi connectivity index (χ1v) is 4.40. The van der Waals surface area contributed by atoms with Gasteiger partial charge in [0, 0.05) is 0 Å². The van der Waals surface area contributed by atoms with Crippen LogP contribution >= 0.6 is 0 Å². The average Bonchev–Trinajstić information content (AvgIpc) is 1.99. The fourth-order valence-electron chi connectivity index (χ4n) is 0.282. The summed E-state index contributed by atoms with van der Waals surface area (Å²) in [6.45, 7) is 0.671. The Bertz CT molecular complexity index is 304. The molecular formula is C5H5F5O3S. The highest BCUT2D eigenvalue weighted by Crippen LogP contribution is 2.26. The maximum Gasteiger partial charge on any atom is 0.523 e. The van der Waals surface area contributed by atoms with E-state index in [0.717, 1.165) is 0 Å². The molecule has 0 heterocycles. The third-order valence-electron chi connectivity index (χ3n) is 0.989. The maximum absolute atomic E-state index is 12.2. The lowest BCUT2D eigenvalue weighted by Gasteiger charge is -2.12. The first-order chi connectivity index (χ1) is 6.02. The van der Waals surface area contributed by atoms with Crippen LogP contribution in [0.1, 0.15) is 0 Å². The van der Waals surface area contributed by atoms with Crippen LogP contribution in [0.25, 0.3) is 0 Å². The highest BCUT2D eigenvalue weighted by molar-refractivity contribution is 7.87. The molecule has 0 rings (SSSR count). The molecule has 0 N–H and O–H groups in total. The Labute approximate surface area is 76.3 Å². The Morgan fingerprint density at radius 2 is 1.64 bits per heavy atom. The predicted molar refractivity (Wildman–Crippen MR) is 36.1 cm³/mol. The average molecular weight is 240 g/mol. The van der Waals surface area contributed by atoms with Crippen molar-refractivity contribution < 1.29 is 34.6 Å². The van der Waals surface area contributed by atoms with Gasteiger partial charge < -0.3 is 0 Å². The van der Waals surface area contributed by atoms with Crippen molar-refractivity contribution in [1.82, 2.24) is 0 Å². The van der Waals surface area contributed by atoms with Crippen molar-refractivity contribution in [3.63, 3.8) is 0 Å². The fraction of sp³-hybridized carbons (Fsp3) is 0.600. The van der Waals surface area contributed by atoms with Crippen LogP contribution in [0.3, 0.4) is 0 Å². The van der Waals surface area contributed by atoms with Crippen LogP contribution in [0.4, 0.5) is 22.0 Å². The summed E-state index contributed by atoms with van der Waals surface area (Å²) in [6, 6.07) is 0. The standard InChI is InChI=1S/C5H5F5O3S/c1-2-4(6,7)3-13-14(11,12)5(8,9)10/h2H,1,3H2. The summed E-state index contributed by atoms with van der Waals surface area (Å²) in [6.07, 6.45) is -0.0150. The van der Waals surface area contributed by atoms with E-state index >= 15 is 0 Å². The van der Waals surface area contributed by atoms with Gasteiger partial charge >= 0.3 is 15.6 Å². The summed E-state index contributed by atoms with van der Waals surface area (Å²) in [5.41, 5.74) is -5.70. The zero-order valence-electron chi connectivity index (χ0n) is 6.51. The second-order valence-electron chi connectivity index (χ2n) is 2.13. The summed E-state index contributed by atoms with van der Waals surface area (Å²) in [5, 5.41) is 0. The minimum Gasteiger partial charge on any atom is -0.256 e. The zero-order valence-corrected chi connectivity index (χ0v) is 7.33. The van der Waals surface area contributed by atoms with E-state index in [1.54, 1.807) is 0 Å². The molecule has 0 bridgehead atoms. The zero-order chi connectivity index (χ0) is 11.6. The number of rotatable bonds is 4. The van der Waals surface area contributed by atoms with Gasteiger partial charge in [-0.1, -0.05) is 6.58 Å². The van der Waals surface area contributed by atoms with Crippen LogP contribution in [0.2, 0.25) is 0 Å². The van der Waals surface area contributed by atoms with E-state index in [1.165, 1.54) is 0 Å². The van der Waals surface area contributed by atoms with Crippen molar-refractivity contribution in [1.29, 1.82) is 0 Å². The van der Waals surface area contributed by atoms with Crippen LogP contribution in [0.5, 0.6) is 0 Å². The molecule has 14 heavy (non-hydrogen) atoms. The molecule has 0 aliphatic heterocycles. The smallest absolute Gasteiger partial charge is 0.256 e. The molecule has 0 aromatic rings. The molecule has 0 fully saturated rings. The lowest BCUT2D eigenvalue weighted by atomic mass is 10.4. The normalized spacial score (nSPS) is 14.1. The molecule has 0 radical (unpaired) electrons. The first-order valence-electron chi connectivity index (χ1n) is 2.99. The topological polar surface area (TPSA) is 43.4 Å². The van der Waals surface area contributed by atoms with E-state index in [0.29, 0.717) is 0 Å². The first kappa shape index (κ1) is 13.3. The van der Waals surface area contributed by atoms with Crippen LogP contribution in [0.15, 0.2) is 12.7 Å². The fourth-order valence-corrected chi connectivity index (χ4v) is 0.728. The van der Waals surface area contributed by atoms with Crippen molar-refractivity contribution in [2.45, 2.75) is 11.4 Å². The molecule has 0 amide bonds. The minimum atomic E-state index is -5.97. The molecule has 0 aliphatic rings. The maximum atomic E-state index is 12.2. The molecule has 0 aromatic heterocycles. The summed E-state index contributed by atoms with van der Waals surface area (Å²) in [5.74, 6) is -3.82. The molecular weight excluding hydrogens is 235 g/mol. The lowest BCUT2D eigenvalue weighted by molar-refractivity contribution is -0.0622. The highest BCUT2D eigenvalue weighted by atomic mass is 32.2. The Morgan fingerprint density at radius 3 is 1.93 bits per heavy atom. The summed E-state index contributed by atoms with van der Waals surface area (Å²) in [7, 11) is -5.97. The van der Waals surface area contributed by atoms with Gasteiger partial charge in [-0.2, -0.15) is 30.4 Å². The quantitative estimate of drug-likeness (QED) is 0.325. The predicted octanol–water partition coefficient (Wildman–Crippen LogP) is 1.67. The van der Waals surface area contributed by atoms with Crippen molar-refractivity contribution in [2.75, 3.05) is 6.61 Å². The van der Waals surface area contributed by atoms with E-state index < -0.39 is 28.2 Å². The SMILES string of the molecule is C=CC(F)(F)COS(=O)(=O)C(F)(F)F. The van der Waals surface area contributed by atoms with Crippen LogP contribution < -0.4 is 0 Å². The number of alkyl halides is 5. The molecule has 84 valence electrons. The summed E-state index contributed by atoms with van der Waals surface area (Å²) >= 11 is 0. The molecule has 0 aromatic carbocycles. The Kier molecular flexibility index (Phi) is 3.62. The Morgan fingerprint density at radius 1 is 1.21 bits per heavy atom. The Balaban J connectivity index is 4.51. The van der Waals surface area contributed by atoms with Gasteiger partial charge in [-0.25, -0.2) is 0 Å². The second kappa shape index (κ2) is 3.81. The van der Waals surface area contributed by atoms with Crippen LogP contribution in [-0.4, -0.2) is 26.5 Å². The van der Waals surface area contributed by atoms with Crippen molar-refractivity contribution >= 4 is 10.1 Å². The van der Waals surface area contributed by atoms with E-state index in [1.807, 2.05) is 0 Å². The molecule has 0 spiro atoms. The van der Waals surface area contributed by atoms with Gasteiger partial charge in [-0.15, -0.1) is 0 Å². The van der Waals surface area contributed by atoms with E-state index in [-0.39, 0.29) is 6.08 Å². The van der Waals surface area contributed by atoms with Crippen molar-refractivity contribution in [3.05, 3.63) is 12.7 Å². The summed E-state index contributed by atoms with van der Waals surface area (Å²) in [4.78, 5) is 0. The largest absolute Gasteiger partial charge is 0.523 e. The molecule has 0 saturated carbocycles. The molecule has 0 aliphatic carbocycles. The number of hydrogen-bond acceptors (Lipinski definition) is 3. The van der Waals surface area contributed by atoms with Crippen molar-refractivity contribution in [2.24, 2.45) is 0 Å². The van der Waals surface area contributed by atoms with Gasteiger partial charge in [0.2, 0.25) is 0 Å². The van der Waals surface area contributed by atoms with Crippen molar-refractivity contribution in [3.8, 4) is 0 Å². The molecule has 3 nitrogen and oxygen atoms in total. The third kappa shape index (κ3) is 3.58. The molecule has 9 heteroatoms. The van der Waals surface area contributed by atoms with Gasteiger partial charge in [0.15, 0.2) is 0 Å². The molecule has 0 unspecified atom stereocenters. The van der Waals surface area contributed by atoms with E-state index in [2.05, 4.69) is 10.8 Å². The highest BCUT2D eigenvalue weighted by Gasteiger charge is 2.48. The van der Waals surface area contributed by atoms with Gasteiger partial charge in [-0.05, 0) is 6.08 Å². The third-order valence-corrected chi connectivity index (χ3v) is 1.98. The van der Waals surface area contributed by atoms with E-state index in [4.69, 9.17) is 0 Å².